The van der Waals surface area contributed by atoms with Gasteiger partial charge in [-0.05, 0) is 48.4 Å². The maximum atomic E-state index is 12.2. The summed E-state index contributed by atoms with van der Waals surface area (Å²) in [6, 6.07) is 2.35. The van der Waals surface area contributed by atoms with Crippen molar-refractivity contribution < 1.29 is 4.79 Å². The van der Waals surface area contributed by atoms with Crippen LogP contribution in [0, 0.1) is 17.2 Å². The summed E-state index contributed by atoms with van der Waals surface area (Å²) in [6.45, 7) is 1.88. The fourth-order valence-electron chi connectivity index (χ4n) is 3.49. The molecule has 22 heavy (non-hydrogen) atoms. The molecule has 0 spiro atoms. The number of likely N-dealkylation sites (tertiary alicyclic amines) is 1. The molecule has 1 amide bonds. The Bertz CT molecular complexity index is 538. The molecule has 8 nitrogen and oxygen atoms in total. The summed E-state index contributed by atoms with van der Waals surface area (Å²) in [5, 5.41) is 23.6. The molecule has 0 unspecified atom stereocenters. The third-order valence-corrected chi connectivity index (χ3v) is 4.64. The van der Waals surface area contributed by atoms with Crippen molar-refractivity contribution in [1.29, 1.82) is 5.26 Å². The first kappa shape index (κ1) is 14.9. The average Bonchev–Trinajstić information content (AvgIpc) is 3.26. The molecule has 0 bridgehead atoms. The van der Waals surface area contributed by atoms with Gasteiger partial charge in [0.1, 0.15) is 12.4 Å². The van der Waals surface area contributed by atoms with Crippen LogP contribution >= 0.6 is 0 Å². The van der Waals surface area contributed by atoms with E-state index in [1.165, 1.54) is 0 Å². The van der Waals surface area contributed by atoms with Crippen LogP contribution in [0.1, 0.15) is 32.1 Å². The highest BCUT2D eigenvalue weighted by atomic mass is 16.2. The lowest BCUT2D eigenvalue weighted by Gasteiger charge is -2.21. The Morgan fingerprint density at radius 2 is 2.32 bits per heavy atom. The van der Waals surface area contributed by atoms with Crippen LogP contribution in [0.4, 0.5) is 0 Å². The molecule has 3 atom stereocenters. The highest BCUT2D eigenvalue weighted by molar-refractivity contribution is 5.79. The average molecular weight is 303 g/mol. The molecule has 2 aliphatic rings. The quantitative estimate of drug-likeness (QED) is 0.818. The fraction of sp³-hybridized carbons (Fsp3) is 0.786. The molecule has 1 saturated heterocycles. The molecule has 0 aromatic carbocycles. The molecule has 1 aliphatic heterocycles. The van der Waals surface area contributed by atoms with Crippen molar-refractivity contribution >= 4 is 5.91 Å². The second kappa shape index (κ2) is 6.83. The third kappa shape index (κ3) is 3.42. The maximum Gasteiger partial charge on any atom is 0.237 e. The second-order valence-electron chi connectivity index (χ2n) is 6.16. The number of carbonyl (C=O) groups is 1. The van der Waals surface area contributed by atoms with E-state index in [9.17, 15) is 4.79 Å². The molecule has 2 fully saturated rings. The maximum absolute atomic E-state index is 12.2. The van der Waals surface area contributed by atoms with Crippen molar-refractivity contribution in [2.45, 2.75) is 50.7 Å². The summed E-state index contributed by atoms with van der Waals surface area (Å²) in [5.74, 6) is 0.600. The van der Waals surface area contributed by atoms with Crippen LogP contribution in [-0.4, -0.2) is 56.2 Å². The molecule has 1 N–H and O–H groups in total. The summed E-state index contributed by atoms with van der Waals surface area (Å²) >= 11 is 0. The summed E-state index contributed by atoms with van der Waals surface area (Å²) in [7, 11) is 0. The van der Waals surface area contributed by atoms with Gasteiger partial charge in [0.2, 0.25) is 5.91 Å². The molecule has 1 aliphatic carbocycles. The van der Waals surface area contributed by atoms with Crippen molar-refractivity contribution in [2.75, 3.05) is 13.1 Å². The van der Waals surface area contributed by atoms with Gasteiger partial charge in [-0.3, -0.25) is 4.79 Å². The lowest BCUT2D eigenvalue weighted by atomic mass is 10.1. The zero-order valence-corrected chi connectivity index (χ0v) is 12.6. The smallest absolute Gasteiger partial charge is 0.237 e. The van der Waals surface area contributed by atoms with Crippen LogP contribution in [0.2, 0.25) is 0 Å². The van der Waals surface area contributed by atoms with Gasteiger partial charge in [0.05, 0.1) is 12.6 Å². The van der Waals surface area contributed by atoms with Crippen LogP contribution in [0.5, 0.6) is 0 Å². The molecule has 118 valence electrons. The van der Waals surface area contributed by atoms with Crippen LogP contribution in [0.25, 0.3) is 0 Å². The summed E-state index contributed by atoms with van der Waals surface area (Å²) in [5.41, 5.74) is 0. The van der Waals surface area contributed by atoms with Gasteiger partial charge in [0.25, 0.3) is 0 Å². The predicted molar refractivity (Wildman–Crippen MR) is 77.3 cm³/mol. The van der Waals surface area contributed by atoms with Crippen molar-refractivity contribution in [2.24, 2.45) is 5.92 Å². The Balaban J connectivity index is 1.41. The van der Waals surface area contributed by atoms with Gasteiger partial charge < -0.3 is 10.2 Å². The van der Waals surface area contributed by atoms with E-state index in [0.29, 0.717) is 25.0 Å². The number of rotatable bonds is 5. The number of carbonyl (C=O) groups excluding carboxylic acids is 1. The highest BCUT2D eigenvalue weighted by Gasteiger charge is 2.30. The first-order chi connectivity index (χ1) is 10.8. The predicted octanol–water partition coefficient (Wildman–Crippen LogP) is -0.0540. The normalized spacial score (nSPS) is 28.0. The monoisotopic (exact) mass is 303 g/mol. The van der Waals surface area contributed by atoms with Gasteiger partial charge in [-0.25, -0.2) is 4.68 Å². The Kier molecular flexibility index (Phi) is 4.63. The van der Waals surface area contributed by atoms with Gasteiger partial charge in [-0.1, -0.05) is 0 Å². The van der Waals surface area contributed by atoms with Gasteiger partial charge >= 0.3 is 0 Å². The van der Waals surface area contributed by atoms with Crippen molar-refractivity contribution in [1.82, 2.24) is 30.4 Å². The second-order valence-corrected chi connectivity index (χ2v) is 6.16. The molecule has 1 aromatic heterocycles. The van der Waals surface area contributed by atoms with Crippen molar-refractivity contribution in [3.63, 3.8) is 0 Å². The van der Waals surface area contributed by atoms with Crippen molar-refractivity contribution in [3.8, 4) is 6.07 Å². The molecule has 1 aromatic rings. The summed E-state index contributed by atoms with van der Waals surface area (Å²) in [4.78, 5) is 13.9. The molecule has 3 rings (SSSR count). The largest absolute Gasteiger partial charge is 0.326 e. The number of nitrogens with zero attached hydrogens (tertiary/aromatic N) is 6. The van der Waals surface area contributed by atoms with Gasteiger partial charge in [-0.2, -0.15) is 5.26 Å². The zero-order chi connectivity index (χ0) is 15.4. The minimum atomic E-state index is -0.231. The zero-order valence-electron chi connectivity index (χ0n) is 12.6. The standard InChI is InChI=1S/C14H21N7O/c15-7-13-2-1-5-21(13)14(22)8-16-12-4-3-11(6-12)9-20-10-17-18-19-20/h10-13,16H,1-6,8-9H2/t11-,12+,13+/m1/s1. The minimum absolute atomic E-state index is 0.0491. The van der Waals surface area contributed by atoms with E-state index in [1.807, 2.05) is 0 Å². The Labute approximate surface area is 129 Å². The lowest BCUT2D eigenvalue weighted by molar-refractivity contribution is -0.130. The number of nitrogens with one attached hydrogen (secondary N) is 1. The SMILES string of the molecule is N#C[C@@H]1CCCN1C(=O)CN[C@H]1CC[C@@H](Cn2cnnn2)C1. The summed E-state index contributed by atoms with van der Waals surface area (Å²) in [6.07, 6.45) is 6.60. The van der Waals surface area contributed by atoms with E-state index in [2.05, 4.69) is 26.9 Å². The van der Waals surface area contributed by atoms with Gasteiger partial charge in [0.15, 0.2) is 0 Å². The molecular weight excluding hydrogens is 282 g/mol. The third-order valence-electron chi connectivity index (χ3n) is 4.64. The number of nitriles is 1. The number of hydrogen-bond donors (Lipinski definition) is 1. The van der Waals surface area contributed by atoms with E-state index in [-0.39, 0.29) is 11.9 Å². The van der Waals surface area contributed by atoms with Crippen LogP contribution < -0.4 is 5.32 Å². The highest BCUT2D eigenvalue weighted by Crippen LogP contribution is 2.26. The first-order valence-electron chi connectivity index (χ1n) is 7.89. The van der Waals surface area contributed by atoms with E-state index in [1.54, 1.807) is 15.9 Å². The fourth-order valence-corrected chi connectivity index (χ4v) is 3.49. The number of aromatic nitrogens is 4. The van der Waals surface area contributed by atoms with Crippen LogP contribution in [0.15, 0.2) is 6.33 Å². The first-order valence-corrected chi connectivity index (χ1v) is 7.89. The van der Waals surface area contributed by atoms with Crippen molar-refractivity contribution in [3.05, 3.63) is 6.33 Å². The van der Waals surface area contributed by atoms with Gasteiger partial charge in [-0.15, -0.1) is 5.10 Å². The lowest BCUT2D eigenvalue weighted by Crippen LogP contribution is -2.42. The molecule has 2 heterocycles. The molecule has 1 saturated carbocycles. The Morgan fingerprint density at radius 1 is 1.41 bits per heavy atom. The number of hydrogen-bond acceptors (Lipinski definition) is 6. The van der Waals surface area contributed by atoms with E-state index in [0.717, 1.165) is 38.6 Å². The van der Waals surface area contributed by atoms with Crippen LogP contribution in [0.3, 0.4) is 0 Å². The molecule has 0 radical (unpaired) electrons. The molecular formula is C14H21N7O. The van der Waals surface area contributed by atoms with Crippen LogP contribution in [-0.2, 0) is 11.3 Å². The topological polar surface area (TPSA) is 99.7 Å². The van der Waals surface area contributed by atoms with E-state index < -0.39 is 0 Å². The minimum Gasteiger partial charge on any atom is -0.326 e. The number of tetrazole rings is 1. The van der Waals surface area contributed by atoms with Gasteiger partial charge in [0, 0.05) is 19.1 Å². The van der Waals surface area contributed by atoms with E-state index >= 15 is 0 Å². The summed E-state index contributed by atoms with van der Waals surface area (Å²) < 4.78 is 1.76. The van der Waals surface area contributed by atoms with E-state index in [4.69, 9.17) is 5.26 Å². The molecule has 8 heteroatoms. The number of amides is 1. The Hall–Kier alpha value is -2.01. The Morgan fingerprint density at radius 3 is 3.09 bits per heavy atom.